The number of ketones is 1. The fourth-order valence-corrected chi connectivity index (χ4v) is 2.43. The van der Waals surface area contributed by atoms with Crippen LogP contribution in [0.1, 0.15) is 21.5 Å². The number of nitrogen functional groups attached to an aromatic ring is 1. The van der Waals surface area contributed by atoms with Gasteiger partial charge in [-0.25, -0.2) is 4.39 Å². The molecule has 4 heteroatoms. The Morgan fingerprint density at radius 1 is 1.20 bits per heavy atom. The van der Waals surface area contributed by atoms with Gasteiger partial charge in [0.2, 0.25) is 0 Å². The van der Waals surface area contributed by atoms with Crippen molar-refractivity contribution in [2.75, 3.05) is 5.73 Å². The first-order chi connectivity index (χ1) is 9.58. The van der Waals surface area contributed by atoms with Crippen molar-refractivity contribution < 1.29 is 9.18 Å². The molecule has 0 unspecified atom stereocenters. The van der Waals surface area contributed by atoms with E-state index < -0.39 is 5.82 Å². The van der Waals surface area contributed by atoms with E-state index in [2.05, 4.69) is 4.98 Å². The summed E-state index contributed by atoms with van der Waals surface area (Å²) in [6, 6.07) is 9.60. The molecule has 0 radical (unpaired) electrons. The van der Waals surface area contributed by atoms with Crippen LogP contribution >= 0.6 is 0 Å². The topological polar surface area (TPSA) is 58.9 Å². The number of aromatic amines is 1. The van der Waals surface area contributed by atoms with Gasteiger partial charge in [-0.15, -0.1) is 0 Å². The normalized spacial score (nSPS) is 10.9. The quantitative estimate of drug-likeness (QED) is 0.552. The van der Waals surface area contributed by atoms with Crippen LogP contribution in [0.25, 0.3) is 10.9 Å². The minimum atomic E-state index is -0.450. The molecular weight excluding hydrogens is 255 g/mol. The first-order valence-corrected chi connectivity index (χ1v) is 6.24. The highest BCUT2D eigenvalue weighted by Crippen LogP contribution is 2.26. The third-order valence-electron chi connectivity index (χ3n) is 3.42. The number of aromatic nitrogens is 1. The Hall–Kier alpha value is -2.62. The van der Waals surface area contributed by atoms with Crippen molar-refractivity contribution in [1.29, 1.82) is 0 Å². The SMILES string of the molecule is Cc1cccc2[nH]cc(C(=O)c3ccc(F)cc3N)c12. The Balaban J connectivity index is 2.18. The molecule has 3 rings (SSSR count). The smallest absolute Gasteiger partial charge is 0.197 e. The fraction of sp³-hybridized carbons (Fsp3) is 0.0625. The molecule has 20 heavy (non-hydrogen) atoms. The van der Waals surface area contributed by atoms with E-state index in [4.69, 9.17) is 5.73 Å². The molecule has 0 aliphatic heterocycles. The predicted octanol–water partition coefficient (Wildman–Crippen LogP) is 3.43. The van der Waals surface area contributed by atoms with Crippen LogP contribution in [0.3, 0.4) is 0 Å². The summed E-state index contributed by atoms with van der Waals surface area (Å²) in [5, 5.41) is 0.876. The van der Waals surface area contributed by atoms with Crippen molar-refractivity contribution in [2.45, 2.75) is 6.92 Å². The number of aryl methyl sites for hydroxylation is 1. The van der Waals surface area contributed by atoms with Gasteiger partial charge in [-0.3, -0.25) is 4.79 Å². The van der Waals surface area contributed by atoms with Crippen LogP contribution in [0.5, 0.6) is 0 Å². The summed E-state index contributed by atoms with van der Waals surface area (Å²) in [6.07, 6.45) is 1.67. The van der Waals surface area contributed by atoms with Gasteiger partial charge in [0.1, 0.15) is 5.82 Å². The number of rotatable bonds is 2. The zero-order chi connectivity index (χ0) is 14.3. The van der Waals surface area contributed by atoms with Crippen molar-refractivity contribution in [1.82, 2.24) is 4.98 Å². The Morgan fingerprint density at radius 3 is 2.75 bits per heavy atom. The minimum absolute atomic E-state index is 0.151. The maximum atomic E-state index is 13.1. The Kier molecular flexibility index (Phi) is 2.79. The Morgan fingerprint density at radius 2 is 2.00 bits per heavy atom. The highest BCUT2D eigenvalue weighted by molar-refractivity contribution is 6.18. The molecule has 0 fully saturated rings. The molecule has 0 aliphatic rings. The molecule has 2 aromatic carbocycles. The lowest BCUT2D eigenvalue weighted by molar-refractivity contribution is 0.104. The average molecular weight is 268 g/mol. The van der Waals surface area contributed by atoms with Crippen LogP contribution in [0.2, 0.25) is 0 Å². The second-order valence-electron chi connectivity index (χ2n) is 4.76. The van der Waals surface area contributed by atoms with Crippen LogP contribution < -0.4 is 5.73 Å². The summed E-state index contributed by atoms with van der Waals surface area (Å²) in [6.45, 7) is 1.95. The van der Waals surface area contributed by atoms with Crippen molar-refractivity contribution >= 4 is 22.4 Å². The molecule has 1 heterocycles. The summed E-state index contributed by atoms with van der Waals surface area (Å²) in [4.78, 5) is 15.7. The van der Waals surface area contributed by atoms with Gasteiger partial charge in [0, 0.05) is 33.9 Å². The highest BCUT2D eigenvalue weighted by atomic mass is 19.1. The van der Waals surface area contributed by atoms with Gasteiger partial charge in [0.05, 0.1) is 0 Å². The van der Waals surface area contributed by atoms with Crippen LogP contribution in [0.15, 0.2) is 42.6 Å². The molecule has 0 saturated heterocycles. The molecule has 100 valence electrons. The summed E-state index contributed by atoms with van der Waals surface area (Å²) >= 11 is 0. The van der Waals surface area contributed by atoms with E-state index in [-0.39, 0.29) is 11.5 Å². The van der Waals surface area contributed by atoms with Crippen LogP contribution in [0, 0.1) is 12.7 Å². The molecular formula is C16H13FN2O. The minimum Gasteiger partial charge on any atom is -0.398 e. The third kappa shape index (κ3) is 1.86. The number of fused-ring (bicyclic) bond motifs is 1. The molecule has 0 saturated carbocycles. The van der Waals surface area contributed by atoms with Crippen molar-refractivity contribution in [3.05, 3.63) is 65.1 Å². The van der Waals surface area contributed by atoms with Crippen LogP contribution in [0.4, 0.5) is 10.1 Å². The van der Waals surface area contributed by atoms with Gasteiger partial charge in [-0.1, -0.05) is 12.1 Å². The standard InChI is InChI=1S/C16H13FN2O/c1-9-3-2-4-14-15(9)12(8-19-14)16(20)11-6-5-10(17)7-13(11)18/h2-8,19H,18H2,1H3. The number of carbonyl (C=O) groups is 1. The molecule has 1 aromatic heterocycles. The first kappa shape index (κ1) is 12.4. The zero-order valence-corrected chi connectivity index (χ0v) is 10.9. The Bertz CT molecular complexity index is 820. The van der Waals surface area contributed by atoms with Gasteiger partial charge in [-0.2, -0.15) is 0 Å². The lowest BCUT2D eigenvalue weighted by Crippen LogP contribution is -2.05. The lowest BCUT2D eigenvalue weighted by Gasteiger charge is -2.05. The van der Waals surface area contributed by atoms with E-state index in [1.54, 1.807) is 6.20 Å². The highest BCUT2D eigenvalue weighted by Gasteiger charge is 2.17. The lowest BCUT2D eigenvalue weighted by atomic mass is 9.99. The molecule has 3 N–H and O–H groups in total. The predicted molar refractivity (Wildman–Crippen MR) is 77.3 cm³/mol. The molecule has 3 aromatic rings. The monoisotopic (exact) mass is 268 g/mol. The molecule has 0 atom stereocenters. The summed E-state index contributed by atoms with van der Waals surface area (Å²) in [5.74, 6) is -0.655. The van der Waals surface area contributed by atoms with E-state index in [9.17, 15) is 9.18 Å². The number of hydrogen-bond donors (Lipinski definition) is 2. The number of carbonyl (C=O) groups excluding carboxylic acids is 1. The van der Waals surface area contributed by atoms with E-state index >= 15 is 0 Å². The van der Waals surface area contributed by atoms with Crippen LogP contribution in [-0.4, -0.2) is 10.8 Å². The summed E-state index contributed by atoms with van der Waals surface area (Å²) in [7, 11) is 0. The first-order valence-electron chi connectivity index (χ1n) is 6.24. The molecule has 0 bridgehead atoms. The second kappa shape index (κ2) is 4.49. The Labute approximate surface area is 115 Å². The second-order valence-corrected chi connectivity index (χ2v) is 4.76. The fourth-order valence-electron chi connectivity index (χ4n) is 2.43. The molecule has 3 nitrogen and oxygen atoms in total. The van der Waals surface area contributed by atoms with E-state index in [0.717, 1.165) is 22.5 Å². The number of halogens is 1. The largest absolute Gasteiger partial charge is 0.398 e. The van der Waals surface area contributed by atoms with Crippen molar-refractivity contribution in [3.63, 3.8) is 0 Å². The maximum absolute atomic E-state index is 13.1. The average Bonchev–Trinajstić information content (AvgIpc) is 2.83. The maximum Gasteiger partial charge on any atom is 0.197 e. The molecule has 0 aliphatic carbocycles. The van der Waals surface area contributed by atoms with Crippen molar-refractivity contribution in [2.24, 2.45) is 0 Å². The van der Waals surface area contributed by atoms with Gasteiger partial charge < -0.3 is 10.7 Å². The van der Waals surface area contributed by atoms with Gasteiger partial charge in [0.15, 0.2) is 5.78 Å². The number of anilines is 1. The summed E-state index contributed by atoms with van der Waals surface area (Å²) in [5.41, 5.74) is 8.66. The number of H-pyrrole nitrogens is 1. The van der Waals surface area contributed by atoms with E-state index in [1.807, 2.05) is 25.1 Å². The van der Waals surface area contributed by atoms with Gasteiger partial charge in [0.25, 0.3) is 0 Å². The van der Waals surface area contributed by atoms with E-state index in [1.165, 1.54) is 12.1 Å². The number of nitrogens with one attached hydrogen (secondary N) is 1. The van der Waals surface area contributed by atoms with Crippen molar-refractivity contribution in [3.8, 4) is 0 Å². The zero-order valence-electron chi connectivity index (χ0n) is 10.9. The van der Waals surface area contributed by atoms with Crippen LogP contribution in [-0.2, 0) is 0 Å². The number of hydrogen-bond acceptors (Lipinski definition) is 2. The van der Waals surface area contributed by atoms with E-state index in [0.29, 0.717) is 11.1 Å². The molecule has 0 spiro atoms. The summed E-state index contributed by atoms with van der Waals surface area (Å²) < 4.78 is 13.1. The number of benzene rings is 2. The number of nitrogens with two attached hydrogens (primary N) is 1. The molecule has 0 amide bonds. The van der Waals surface area contributed by atoms with Gasteiger partial charge in [-0.05, 0) is 36.8 Å². The van der Waals surface area contributed by atoms with Gasteiger partial charge >= 0.3 is 0 Å². The third-order valence-corrected chi connectivity index (χ3v) is 3.42.